The Kier molecular flexibility index (Phi) is 5.39. The largest absolute Gasteiger partial charge is 0.417 e. The molecule has 1 aliphatic heterocycles. The fraction of sp³-hybridized carbons (Fsp3) is 0.261. The molecule has 1 aliphatic rings. The number of piperazine rings is 1. The maximum Gasteiger partial charge on any atom is 0.417 e. The van der Waals surface area contributed by atoms with Gasteiger partial charge in [0.15, 0.2) is 17.0 Å². The molecular formula is C23H20F3N7O. The van der Waals surface area contributed by atoms with Crippen molar-refractivity contribution in [3.05, 3.63) is 71.5 Å². The highest BCUT2D eigenvalue weighted by Crippen LogP contribution is 2.32. The average Bonchev–Trinajstić information content (AvgIpc) is 3.28. The van der Waals surface area contributed by atoms with E-state index >= 15 is 0 Å². The second-order valence-corrected chi connectivity index (χ2v) is 8.03. The molecule has 5 rings (SSSR count). The van der Waals surface area contributed by atoms with Gasteiger partial charge in [-0.15, -0.1) is 5.10 Å². The van der Waals surface area contributed by atoms with Gasteiger partial charge in [-0.3, -0.25) is 4.79 Å². The van der Waals surface area contributed by atoms with E-state index in [2.05, 4.69) is 20.3 Å². The number of amides is 1. The second-order valence-electron chi connectivity index (χ2n) is 8.03. The first-order chi connectivity index (χ1) is 16.3. The normalized spacial score (nSPS) is 14.6. The molecular weight excluding hydrogens is 447 g/mol. The van der Waals surface area contributed by atoms with E-state index < -0.39 is 17.6 Å². The van der Waals surface area contributed by atoms with Crippen molar-refractivity contribution >= 4 is 22.9 Å². The van der Waals surface area contributed by atoms with Gasteiger partial charge in [0, 0.05) is 26.2 Å². The zero-order valence-electron chi connectivity index (χ0n) is 18.2. The molecule has 34 heavy (non-hydrogen) atoms. The predicted molar refractivity (Wildman–Crippen MR) is 119 cm³/mol. The van der Waals surface area contributed by atoms with E-state index in [4.69, 9.17) is 0 Å². The summed E-state index contributed by atoms with van der Waals surface area (Å²) in [5, 5.41) is 8.51. The first-order valence-electron chi connectivity index (χ1n) is 10.7. The minimum absolute atomic E-state index is 0.253. The van der Waals surface area contributed by atoms with E-state index in [9.17, 15) is 18.0 Å². The average molecular weight is 467 g/mol. The van der Waals surface area contributed by atoms with Crippen LogP contribution in [0.5, 0.6) is 0 Å². The van der Waals surface area contributed by atoms with Gasteiger partial charge >= 0.3 is 6.18 Å². The van der Waals surface area contributed by atoms with E-state index in [1.165, 1.54) is 29.4 Å². The zero-order chi connectivity index (χ0) is 23.9. The lowest BCUT2D eigenvalue weighted by Gasteiger charge is -2.35. The molecule has 1 amide bonds. The van der Waals surface area contributed by atoms with E-state index in [1.54, 1.807) is 4.68 Å². The van der Waals surface area contributed by atoms with Crippen LogP contribution in [0.2, 0.25) is 0 Å². The maximum atomic E-state index is 13.3. The third kappa shape index (κ3) is 3.93. The van der Waals surface area contributed by atoms with Crippen LogP contribution in [-0.4, -0.2) is 61.9 Å². The van der Waals surface area contributed by atoms with Crippen molar-refractivity contribution in [1.82, 2.24) is 29.9 Å². The third-order valence-electron chi connectivity index (χ3n) is 5.83. The van der Waals surface area contributed by atoms with Crippen LogP contribution >= 0.6 is 0 Å². The van der Waals surface area contributed by atoms with Crippen LogP contribution in [0, 0.1) is 6.92 Å². The number of rotatable bonds is 3. The Morgan fingerprint density at radius 1 is 0.941 bits per heavy atom. The van der Waals surface area contributed by atoms with Gasteiger partial charge in [-0.25, -0.2) is 9.97 Å². The zero-order valence-corrected chi connectivity index (χ0v) is 18.2. The predicted octanol–water partition coefficient (Wildman–Crippen LogP) is 3.50. The molecule has 0 atom stereocenters. The third-order valence-corrected chi connectivity index (χ3v) is 5.83. The van der Waals surface area contributed by atoms with Crippen molar-refractivity contribution in [3.8, 4) is 5.69 Å². The van der Waals surface area contributed by atoms with Crippen molar-refractivity contribution in [2.75, 3.05) is 31.1 Å². The van der Waals surface area contributed by atoms with Gasteiger partial charge in [0.1, 0.15) is 6.33 Å². The van der Waals surface area contributed by atoms with Gasteiger partial charge < -0.3 is 9.80 Å². The van der Waals surface area contributed by atoms with Gasteiger partial charge in [0.05, 0.1) is 16.8 Å². The minimum atomic E-state index is -4.59. The summed E-state index contributed by atoms with van der Waals surface area (Å²) in [4.78, 5) is 25.0. The van der Waals surface area contributed by atoms with Crippen molar-refractivity contribution in [2.45, 2.75) is 13.1 Å². The second kappa shape index (κ2) is 8.40. The summed E-state index contributed by atoms with van der Waals surface area (Å²) in [6, 6.07) is 12.7. The van der Waals surface area contributed by atoms with Crippen LogP contribution in [0.4, 0.5) is 19.0 Å². The molecule has 8 nitrogen and oxygen atoms in total. The monoisotopic (exact) mass is 467 g/mol. The minimum Gasteiger partial charge on any atom is -0.351 e. The molecule has 11 heteroatoms. The Balaban J connectivity index is 1.36. The number of hydrogen-bond donors (Lipinski definition) is 0. The molecule has 0 N–H and O–H groups in total. The van der Waals surface area contributed by atoms with Crippen LogP contribution in [-0.2, 0) is 6.18 Å². The molecule has 4 aromatic rings. The highest BCUT2D eigenvalue weighted by atomic mass is 19.4. The lowest BCUT2D eigenvalue weighted by molar-refractivity contribution is -0.138. The summed E-state index contributed by atoms with van der Waals surface area (Å²) in [5.74, 6) is -0.0584. The number of hydrogen-bond acceptors (Lipinski definition) is 6. The van der Waals surface area contributed by atoms with Crippen molar-refractivity contribution < 1.29 is 18.0 Å². The number of benzene rings is 2. The number of aromatic nitrogens is 5. The van der Waals surface area contributed by atoms with Gasteiger partial charge in [0.25, 0.3) is 5.91 Å². The molecule has 0 radical (unpaired) electrons. The number of aryl methyl sites for hydroxylation is 1. The highest BCUT2D eigenvalue weighted by Gasteiger charge is 2.36. The number of carbonyl (C=O) groups is 1. The lowest BCUT2D eigenvalue weighted by atomic mass is 10.1. The molecule has 0 unspecified atom stereocenters. The quantitative estimate of drug-likeness (QED) is 0.459. The Hall–Kier alpha value is -4.02. The number of alkyl halides is 3. The lowest BCUT2D eigenvalue weighted by Crippen LogP contribution is -2.49. The highest BCUT2D eigenvalue weighted by molar-refractivity contribution is 5.96. The van der Waals surface area contributed by atoms with Crippen molar-refractivity contribution in [2.24, 2.45) is 0 Å². The molecule has 0 bridgehead atoms. The Bertz CT molecular complexity index is 1340. The van der Waals surface area contributed by atoms with Gasteiger partial charge in [-0.2, -0.15) is 17.9 Å². The smallest absolute Gasteiger partial charge is 0.351 e. The number of anilines is 1. The van der Waals surface area contributed by atoms with Crippen LogP contribution in [0.1, 0.15) is 21.5 Å². The molecule has 1 fully saturated rings. The standard InChI is InChI=1S/C23H20F3N7O/c1-15-6-8-16(9-7-15)33-21-19(29-30-33)20(27-14-28-21)31-10-12-32(13-11-31)22(34)17-4-2-3-5-18(17)23(24,25)26/h2-9,14H,10-13H2,1H3. The fourth-order valence-electron chi connectivity index (χ4n) is 4.04. The fourth-order valence-corrected chi connectivity index (χ4v) is 4.04. The number of carbonyl (C=O) groups excluding carboxylic acids is 1. The van der Waals surface area contributed by atoms with E-state index in [-0.39, 0.29) is 18.7 Å². The Labute approximate surface area is 192 Å². The molecule has 174 valence electrons. The molecule has 1 saturated heterocycles. The molecule has 0 aliphatic carbocycles. The van der Waals surface area contributed by atoms with Crippen LogP contribution < -0.4 is 4.90 Å². The summed E-state index contributed by atoms with van der Waals surface area (Å²) in [6.07, 6.45) is -3.16. The van der Waals surface area contributed by atoms with Crippen LogP contribution in [0.3, 0.4) is 0 Å². The molecule has 2 aromatic heterocycles. The van der Waals surface area contributed by atoms with E-state index in [0.29, 0.717) is 30.1 Å². The Morgan fingerprint density at radius 2 is 1.65 bits per heavy atom. The molecule has 2 aromatic carbocycles. The first-order valence-corrected chi connectivity index (χ1v) is 10.7. The van der Waals surface area contributed by atoms with Crippen molar-refractivity contribution in [3.63, 3.8) is 0 Å². The van der Waals surface area contributed by atoms with Gasteiger partial charge in [-0.05, 0) is 31.2 Å². The van der Waals surface area contributed by atoms with Crippen LogP contribution in [0.25, 0.3) is 16.9 Å². The SMILES string of the molecule is Cc1ccc(-n2nnc3c(N4CCN(C(=O)c5ccccc5C(F)(F)F)CC4)ncnc32)cc1. The molecule has 0 saturated carbocycles. The molecule has 0 spiro atoms. The van der Waals surface area contributed by atoms with Crippen LogP contribution in [0.15, 0.2) is 54.9 Å². The van der Waals surface area contributed by atoms with Crippen molar-refractivity contribution in [1.29, 1.82) is 0 Å². The van der Waals surface area contributed by atoms with E-state index in [1.807, 2.05) is 36.1 Å². The summed E-state index contributed by atoms with van der Waals surface area (Å²) < 4.78 is 41.7. The topological polar surface area (TPSA) is 80.0 Å². The van der Waals surface area contributed by atoms with E-state index in [0.717, 1.165) is 17.3 Å². The summed E-state index contributed by atoms with van der Waals surface area (Å²) in [5.41, 5.74) is 1.74. The maximum absolute atomic E-state index is 13.3. The number of nitrogens with zero attached hydrogens (tertiary/aromatic N) is 7. The summed E-state index contributed by atoms with van der Waals surface area (Å²) in [6.45, 7) is 3.29. The molecule has 3 heterocycles. The first kappa shape index (κ1) is 21.8. The van der Waals surface area contributed by atoms with Gasteiger partial charge in [-0.1, -0.05) is 35.0 Å². The summed E-state index contributed by atoms with van der Waals surface area (Å²) >= 11 is 0. The number of halogens is 3. The van der Waals surface area contributed by atoms with Gasteiger partial charge in [0.2, 0.25) is 0 Å². The summed E-state index contributed by atoms with van der Waals surface area (Å²) in [7, 11) is 0. The Morgan fingerprint density at radius 3 is 2.35 bits per heavy atom. The number of fused-ring (bicyclic) bond motifs is 1.